The number of anilines is 1. The van der Waals surface area contributed by atoms with Gasteiger partial charge in [-0.15, -0.1) is 11.8 Å². The highest BCUT2D eigenvalue weighted by Gasteiger charge is 2.02. The monoisotopic (exact) mass is 265 g/mol. The summed E-state index contributed by atoms with van der Waals surface area (Å²) in [5, 5.41) is 0.411. The Morgan fingerprint density at radius 2 is 2.12 bits per heavy atom. The van der Waals surface area contributed by atoms with Crippen LogP contribution < -0.4 is 5.73 Å². The van der Waals surface area contributed by atoms with E-state index in [0.29, 0.717) is 5.15 Å². The predicted octanol–water partition coefficient (Wildman–Crippen LogP) is 3.31. The number of nitrogen functional groups attached to an aromatic ring is 1. The van der Waals surface area contributed by atoms with Crippen molar-refractivity contribution in [1.29, 1.82) is 0 Å². The highest BCUT2D eigenvalue weighted by atomic mass is 35.5. The van der Waals surface area contributed by atoms with Gasteiger partial charge in [-0.3, -0.25) is 4.98 Å². The zero-order chi connectivity index (χ0) is 12.3. The van der Waals surface area contributed by atoms with Gasteiger partial charge in [0.1, 0.15) is 5.15 Å². The predicted molar refractivity (Wildman–Crippen MR) is 72.2 cm³/mol. The summed E-state index contributed by atoms with van der Waals surface area (Å²) in [6, 6.07) is 6.04. The minimum Gasteiger partial charge on any atom is -0.398 e. The summed E-state index contributed by atoms with van der Waals surface area (Å²) in [6.45, 7) is 2.02. The van der Waals surface area contributed by atoms with Crippen LogP contribution in [0, 0.1) is 6.92 Å². The van der Waals surface area contributed by atoms with Crippen molar-refractivity contribution >= 4 is 29.1 Å². The molecular formula is C12H12ClN3S. The van der Waals surface area contributed by atoms with Gasteiger partial charge in [0, 0.05) is 16.3 Å². The van der Waals surface area contributed by atoms with Crippen molar-refractivity contribution in [2.45, 2.75) is 17.6 Å². The van der Waals surface area contributed by atoms with E-state index in [0.717, 1.165) is 27.6 Å². The Labute approximate surface area is 109 Å². The van der Waals surface area contributed by atoms with E-state index >= 15 is 0 Å². The van der Waals surface area contributed by atoms with Crippen molar-refractivity contribution in [2.75, 3.05) is 5.73 Å². The van der Waals surface area contributed by atoms with Crippen LogP contribution in [0.2, 0.25) is 5.15 Å². The van der Waals surface area contributed by atoms with Gasteiger partial charge >= 0.3 is 0 Å². The molecule has 2 aromatic rings. The Morgan fingerprint density at radius 1 is 1.29 bits per heavy atom. The maximum atomic E-state index is 5.93. The minimum atomic E-state index is 0.411. The van der Waals surface area contributed by atoms with Crippen LogP contribution in [0.15, 0.2) is 35.5 Å². The number of benzene rings is 1. The van der Waals surface area contributed by atoms with Gasteiger partial charge in [-0.05, 0) is 24.6 Å². The van der Waals surface area contributed by atoms with Crippen LogP contribution in [0.25, 0.3) is 0 Å². The van der Waals surface area contributed by atoms with Crippen molar-refractivity contribution in [2.24, 2.45) is 0 Å². The number of halogens is 1. The molecule has 0 amide bonds. The second-order valence-electron chi connectivity index (χ2n) is 3.66. The number of nitrogens with zero attached hydrogens (tertiary/aromatic N) is 2. The van der Waals surface area contributed by atoms with E-state index in [1.807, 2.05) is 25.1 Å². The number of thioether (sulfide) groups is 1. The van der Waals surface area contributed by atoms with E-state index in [-0.39, 0.29) is 0 Å². The fourth-order valence-electron chi connectivity index (χ4n) is 1.36. The van der Waals surface area contributed by atoms with Gasteiger partial charge in [-0.1, -0.05) is 17.7 Å². The number of aryl methyl sites for hydroxylation is 1. The molecule has 0 aliphatic heterocycles. The summed E-state index contributed by atoms with van der Waals surface area (Å²) in [5.41, 5.74) is 8.79. The third-order valence-electron chi connectivity index (χ3n) is 2.21. The summed E-state index contributed by atoms with van der Waals surface area (Å²) >= 11 is 7.32. The molecule has 1 aromatic heterocycles. The molecular weight excluding hydrogens is 254 g/mol. The largest absolute Gasteiger partial charge is 0.398 e. The molecule has 0 radical (unpaired) electrons. The van der Waals surface area contributed by atoms with Gasteiger partial charge in [0.05, 0.1) is 18.1 Å². The SMILES string of the molecule is Cc1ccc(SCc2cnc(Cl)cn2)c(N)c1. The van der Waals surface area contributed by atoms with Crippen LogP contribution >= 0.6 is 23.4 Å². The molecule has 1 aromatic carbocycles. The number of hydrogen-bond acceptors (Lipinski definition) is 4. The number of aromatic nitrogens is 2. The van der Waals surface area contributed by atoms with Gasteiger partial charge in [-0.2, -0.15) is 0 Å². The second-order valence-corrected chi connectivity index (χ2v) is 5.06. The Balaban J connectivity index is 2.04. The summed E-state index contributed by atoms with van der Waals surface area (Å²) < 4.78 is 0. The van der Waals surface area contributed by atoms with E-state index in [2.05, 4.69) is 9.97 Å². The molecule has 88 valence electrons. The van der Waals surface area contributed by atoms with E-state index in [9.17, 15) is 0 Å². The smallest absolute Gasteiger partial charge is 0.147 e. The first-order chi connectivity index (χ1) is 8.15. The second kappa shape index (κ2) is 5.38. The van der Waals surface area contributed by atoms with Crippen molar-refractivity contribution in [3.63, 3.8) is 0 Å². The molecule has 1 heterocycles. The summed E-state index contributed by atoms with van der Waals surface area (Å²) in [7, 11) is 0. The molecule has 0 bridgehead atoms. The molecule has 3 nitrogen and oxygen atoms in total. The quantitative estimate of drug-likeness (QED) is 0.683. The Bertz CT molecular complexity index is 514. The number of nitrogens with two attached hydrogens (primary N) is 1. The molecule has 0 spiro atoms. The van der Waals surface area contributed by atoms with Crippen molar-refractivity contribution < 1.29 is 0 Å². The minimum absolute atomic E-state index is 0.411. The molecule has 0 unspecified atom stereocenters. The lowest BCUT2D eigenvalue weighted by atomic mass is 10.2. The average Bonchev–Trinajstić information content (AvgIpc) is 2.30. The fraction of sp³-hybridized carbons (Fsp3) is 0.167. The maximum Gasteiger partial charge on any atom is 0.147 e. The maximum absolute atomic E-state index is 5.93. The topological polar surface area (TPSA) is 51.8 Å². The first-order valence-corrected chi connectivity index (χ1v) is 6.47. The van der Waals surface area contributed by atoms with Crippen LogP contribution in [0.5, 0.6) is 0 Å². The zero-order valence-corrected chi connectivity index (χ0v) is 10.9. The first kappa shape index (κ1) is 12.2. The van der Waals surface area contributed by atoms with Crippen LogP contribution in [-0.4, -0.2) is 9.97 Å². The van der Waals surface area contributed by atoms with E-state index in [4.69, 9.17) is 17.3 Å². The highest BCUT2D eigenvalue weighted by molar-refractivity contribution is 7.98. The summed E-state index contributed by atoms with van der Waals surface area (Å²) in [4.78, 5) is 9.23. The van der Waals surface area contributed by atoms with Gasteiger partial charge in [0.15, 0.2) is 0 Å². The van der Waals surface area contributed by atoms with Crippen molar-refractivity contribution in [3.8, 4) is 0 Å². The van der Waals surface area contributed by atoms with Crippen LogP contribution in [0.4, 0.5) is 5.69 Å². The molecule has 0 atom stereocenters. The highest BCUT2D eigenvalue weighted by Crippen LogP contribution is 2.28. The van der Waals surface area contributed by atoms with E-state index < -0.39 is 0 Å². The van der Waals surface area contributed by atoms with Gasteiger partial charge in [-0.25, -0.2) is 4.98 Å². The molecule has 17 heavy (non-hydrogen) atoms. The average molecular weight is 266 g/mol. The van der Waals surface area contributed by atoms with Crippen molar-refractivity contribution in [3.05, 3.63) is 47.0 Å². The molecule has 0 fully saturated rings. The molecule has 0 aliphatic carbocycles. The van der Waals surface area contributed by atoms with Gasteiger partial charge in [0.25, 0.3) is 0 Å². The lowest BCUT2D eigenvalue weighted by molar-refractivity contribution is 1.10. The molecule has 5 heteroatoms. The normalized spacial score (nSPS) is 10.5. The molecule has 2 rings (SSSR count). The van der Waals surface area contributed by atoms with Crippen molar-refractivity contribution in [1.82, 2.24) is 9.97 Å². The van der Waals surface area contributed by atoms with Crippen LogP contribution in [0.1, 0.15) is 11.3 Å². The Kier molecular flexibility index (Phi) is 3.86. The summed E-state index contributed by atoms with van der Waals surface area (Å²) in [6.07, 6.45) is 3.23. The lowest BCUT2D eigenvalue weighted by Gasteiger charge is -2.05. The Hall–Kier alpha value is -1.26. The fourth-order valence-corrected chi connectivity index (χ4v) is 2.30. The Morgan fingerprint density at radius 3 is 2.76 bits per heavy atom. The third kappa shape index (κ3) is 3.35. The number of rotatable bonds is 3. The first-order valence-electron chi connectivity index (χ1n) is 5.10. The zero-order valence-electron chi connectivity index (χ0n) is 9.35. The summed E-state index contributed by atoms with van der Waals surface area (Å²) in [5.74, 6) is 0.734. The van der Waals surface area contributed by atoms with Gasteiger partial charge in [0.2, 0.25) is 0 Å². The van der Waals surface area contributed by atoms with Gasteiger partial charge < -0.3 is 5.73 Å². The van der Waals surface area contributed by atoms with Crippen LogP contribution in [-0.2, 0) is 5.75 Å². The lowest BCUT2D eigenvalue weighted by Crippen LogP contribution is -1.92. The molecule has 0 saturated heterocycles. The van der Waals surface area contributed by atoms with Crippen LogP contribution in [0.3, 0.4) is 0 Å². The number of hydrogen-bond donors (Lipinski definition) is 1. The molecule has 2 N–H and O–H groups in total. The molecule has 0 saturated carbocycles. The third-order valence-corrected chi connectivity index (χ3v) is 3.53. The standard InChI is InChI=1S/C12H12ClN3S/c1-8-2-3-11(10(14)4-8)17-7-9-5-16-12(13)6-15-9/h2-6H,7,14H2,1H3. The molecule has 0 aliphatic rings. The van der Waals surface area contributed by atoms with E-state index in [1.165, 1.54) is 0 Å². The van der Waals surface area contributed by atoms with E-state index in [1.54, 1.807) is 24.2 Å².